The van der Waals surface area contributed by atoms with Crippen LogP contribution in [0.5, 0.6) is 0 Å². The highest BCUT2D eigenvalue weighted by molar-refractivity contribution is 5.81. The number of hydrogen-bond donors (Lipinski definition) is 2. The summed E-state index contributed by atoms with van der Waals surface area (Å²) < 4.78 is 5.17. The van der Waals surface area contributed by atoms with Crippen LogP contribution in [0.15, 0.2) is 22.8 Å². The van der Waals surface area contributed by atoms with Gasteiger partial charge in [0.2, 0.25) is 11.8 Å². The van der Waals surface area contributed by atoms with E-state index >= 15 is 0 Å². The second-order valence-corrected chi connectivity index (χ2v) is 10.7. The molecule has 1 aromatic heterocycles. The van der Waals surface area contributed by atoms with Crippen LogP contribution in [-0.2, 0) is 25.7 Å². The van der Waals surface area contributed by atoms with Crippen LogP contribution < -0.4 is 10.6 Å². The molecule has 9 nitrogen and oxygen atoms in total. The van der Waals surface area contributed by atoms with E-state index in [9.17, 15) is 19.2 Å². The number of piperidine rings is 2. The van der Waals surface area contributed by atoms with Crippen LogP contribution >= 0.6 is 0 Å². The van der Waals surface area contributed by atoms with Gasteiger partial charge in [0.05, 0.1) is 25.4 Å². The van der Waals surface area contributed by atoms with Crippen molar-refractivity contribution in [2.75, 3.05) is 32.7 Å². The van der Waals surface area contributed by atoms with E-state index in [-0.39, 0.29) is 35.7 Å². The van der Waals surface area contributed by atoms with Crippen LogP contribution in [0.25, 0.3) is 0 Å². The number of amides is 2. The quantitative estimate of drug-likeness (QED) is 0.296. The molecule has 1 aromatic rings. The number of aldehydes is 2. The molecule has 0 radical (unpaired) electrons. The molecule has 0 aliphatic carbocycles. The summed E-state index contributed by atoms with van der Waals surface area (Å²) in [5.41, 5.74) is 0. The van der Waals surface area contributed by atoms with Crippen molar-refractivity contribution in [1.29, 1.82) is 0 Å². The SMILES string of the molecule is CC(C(=O)NCc1ccco1)N1CCCC(C=O)C1.CCCCCC(C)NC(=O)CN1CCCC(C=O)C1. The van der Waals surface area contributed by atoms with Gasteiger partial charge in [-0.3, -0.25) is 19.4 Å². The van der Waals surface area contributed by atoms with E-state index in [2.05, 4.69) is 34.3 Å². The maximum Gasteiger partial charge on any atom is 0.237 e. The highest BCUT2D eigenvalue weighted by Gasteiger charge is 2.27. The van der Waals surface area contributed by atoms with Crippen molar-refractivity contribution in [1.82, 2.24) is 20.4 Å². The Balaban J connectivity index is 0.000000267. The van der Waals surface area contributed by atoms with Gasteiger partial charge in [-0.05, 0) is 71.2 Å². The molecule has 4 atom stereocenters. The van der Waals surface area contributed by atoms with E-state index in [4.69, 9.17) is 4.42 Å². The first-order chi connectivity index (χ1) is 18.4. The molecule has 0 saturated carbocycles. The number of carbonyl (C=O) groups is 4. The van der Waals surface area contributed by atoms with Crippen LogP contribution in [0.3, 0.4) is 0 Å². The Bertz CT molecular complexity index is 831. The maximum absolute atomic E-state index is 12.0. The first-order valence-electron chi connectivity index (χ1n) is 14.3. The molecule has 9 heteroatoms. The Hall–Kier alpha value is -2.52. The highest BCUT2D eigenvalue weighted by atomic mass is 16.3. The largest absolute Gasteiger partial charge is 0.467 e. The van der Waals surface area contributed by atoms with E-state index in [0.717, 1.165) is 70.1 Å². The minimum atomic E-state index is -0.210. The molecular formula is C29H48N4O5. The third-order valence-corrected chi connectivity index (χ3v) is 7.38. The molecule has 2 saturated heterocycles. The average Bonchev–Trinajstić information content (AvgIpc) is 3.45. The molecule has 0 aromatic carbocycles. The standard InChI is InChI=1S/C15H28N2O2.C14H20N2O3/c1-3-4-5-7-13(2)16-15(19)11-17-9-6-8-14(10-17)12-18;1-11(16-6-2-4-12(9-16)10-17)14(18)15-8-13-5-3-7-19-13/h12-14H,3-11H2,1-2H3,(H,16,19);3,5,7,10-12H,2,4,6,8-9H2,1H3,(H,15,18). The summed E-state index contributed by atoms with van der Waals surface area (Å²) in [7, 11) is 0. The lowest BCUT2D eigenvalue weighted by Crippen LogP contribution is -2.49. The Labute approximate surface area is 228 Å². The van der Waals surface area contributed by atoms with E-state index < -0.39 is 0 Å². The number of hydrogen-bond acceptors (Lipinski definition) is 7. The number of nitrogens with zero attached hydrogens (tertiary/aromatic N) is 2. The normalized spacial score (nSPS) is 21.9. The summed E-state index contributed by atoms with van der Waals surface area (Å²) >= 11 is 0. The van der Waals surface area contributed by atoms with Gasteiger partial charge in [-0.1, -0.05) is 26.2 Å². The van der Waals surface area contributed by atoms with E-state index in [0.29, 0.717) is 19.6 Å². The lowest BCUT2D eigenvalue weighted by Gasteiger charge is -2.34. The van der Waals surface area contributed by atoms with Gasteiger partial charge in [0.15, 0.2) is 0 Å². The van der Waals surface area contributed by atoms with Gasteiger partial charge in [-0.2, -0.15) is 0 Å². The third kappa shape index (κ3) is 11.9. The molecule has 3 rings (SSSR count). The first-order valence-corrected chi connectivity index (χ1v) is 14.3. The molecule has 214 valence electrons. The number of rotatable bonds is 13. The summed E-state index contributed by atoms with van der Waals surface area (Å²) in [6.45, 7) is 10.2. The fourth-order valence-electron chi connectivity index (χ4n) is 5.05. The molecule has 38 heavy (non-hydrogen) atoms. The van der Waals surface area contributed by atoms with Crippen LogP contribution in [-0.4, -0.2) is 79.0 Å². The maximum atomic E-state index is 12.0. The molecular weight excluding hydrogens is 484 g/mol. The predicted molar refractivity (Wildman–Crippen MR) is 147 cm³/mol. The molecule has 2 fully saturated rings. The number of likely N-dealkylation sites (tertiary alicyclic amines) is 2. The molecule has 2 N–H and O–H groups in total. The Morgan fingerprint density at radius 2 is 1.79 bits per heavy atom. The lowest BCUT2D eigenvalue weighted by atomic mass is 9.98. The van der Waals surface area contributed by atoms with Crippen molar-refractivity contribution in [2.45, 2.75) is 90.8 Å². The zero-order valence-corrected chi connectivity index (χ0v) is 23.5. The fourth-order valence-corrected chi connectivity index (χ4v) is 5.05. The minimum Gasteiger partial charge on any atom is -0.467 e. The third-order valence-electron chi connectivity index (χ3n) is 7.38. The van der Waals surface area contributed by atoms with Crippen LogP contribution in [0.1, 0.15) is 77.9 Å². The van der Waals surface area contributed by atoms with Gasteiger partial charge in [0, 0.05) is 31.0 Å². The zero-order chi connectivity index (χ0) is 27.8. The van der Waals surface area contributed by atoms with Gasteiger partial charge in [-0.25, -0.2) is 0 Å². The number of unbranched alkanes of at least 4 members (excludes halogenated alkanes) is 2. The summed E-state index contributed by atoms with van der Waals surface area (Å²) in [5.74, 6) is 0.987. The minimum absolute atomic E-state index is 0.0250. The van der Waals surface area contributed by atoms with Crippen molar-refractivity contribution < 1.29 is 23.6 Å². The van der Waals surface area contributed by atoms with Crippen LogP contribution in [0, 0.1) is 11.8 Å². The summed E-state index contributed by atoms with van der Waals surface area (Å²) in [5, 5.41) is 5.90. The zero-order valence-electron chi connectivity index (χ0n) is 23.5. The molecule has 2 amide bonds. The van der Waals surface area contributed by atoms with Crippen molar-refractivity contribution in [3.05, 3.63) is 24.2 Å². The van der Waals surface area contributed by atoms with Gasteiger partial charge in [-0.15, -0.1) is 0 Å². The Kier molecular flexibility index (Phi) is 14.9. The first kappa shape index (κ1) is 31.7. The summed E-state index contributed by atoms with van der Waals surface area (Å²) in [4.78, 5) is 49.7. The average molecular weight is 533 g/mol. The number of furan rings is 1. The van der Waals surface area contributed by atoms with Crippen molar-refractivity contribution >= 4 is 24.4 Å². The lowest BCUT2D eigenvalue weighted by molar-refractivity contribution is -0.127. The van der Waals surface area contributed by atoms with E-state index in [1.807, 2.05) is 13.0 Å². The van der Waals surface area contributed by atoms with E-state index in [1.54, 1.807) is 12.3 Å². The molecule has 4 unspecified atom stereocenters. The van der Waals surface area contributed by atoms with Crippen LogP contribution in [0.2, 0.25) is 0 Å². The van der Waals surface area contributed by atoms with Gasteiger partial charge >= 0.3 is 0 Å². The molecule has 0 spiro atoms. The van der Waals surface area contributed by atoms with E-state index in [1.165, 1.54) is 19.3 Å². The summed E-state index contributed by atoms with van der Waals surface area (Å²) in [6.07, 6.45) is 12.2. The van der Waals surface area contributed by atoms with Crippen molar-refractivity contribution in [3.63, 3.8) is 0 Å². The topological polar surface area (TPSA) is 112 Å². The summed E-state index contributed by atoms with van der Waals surface area (Å²) in [6, 6.07) is 3.67. The number of carbonyl (C=O) groups excluding carboxylic acids is 4. The second kappa shape index (κ2) is 17.9. The van der Waals surface area contributed by atoms with Crippen LogP contribution in [0.4, 0.5) is 0 Å². The van der Waals surface area contributed by atoms with Crippen molar-refractivity contribution in [2.24, 2.45) is 11.8 Å². The van der Waals surface area contributed by atoms with Gasteiger partial charge < -0.3 is 24.6 Å². The van der Waals surface area contributed by atoms with Gasteiger partial charge in [0.1, 0.15) is 18.3 Å². The molecule has 2 aliphatic rings. The second-order valence-electron chi connectivity index (χ2n) is 10.7. The smallest absolute Gasteiger partial charge is 0.237 e. The molecule has 2 aliphatic heterocycles. The molecule has 0 bridgehead atoms. The van der Waals surface area contributed by atoms with Gasteiger partial charge in [0.25, 0.3) is 0 Å². The highest BCUT2D eigenvalue weighted by Crippen LogP contribution is 2.17. The Morgan fingerprint density at radius 1 is 1.08 bits per heavy atom. The predicted octanol–water partition coefficient (Wildman–Crippen LogP) is 3.18. The monoisotopic (exact) mass is 532 g/mol. The number of nitrogens with one attached hydrogen (secondary N) is 2. The molecule has 3 heterocycles. The van der Waals surface area contributed by atoms with Crippen molar-refractivity contribution in [3.8, 4) is 0 Å². The fraction of sp³-hybridized carbons (Fsp3) is 0.724. The Morgan fingerprint density at radius 3 is 2.45 bits per heavy atom.